The lowest BCUT2D eigenvalue weighted by molar-refractivity contribution is 0.0960. The van der Waals surface area contributed by atoms with Crippen LogP contribution in [0.25, 0.3) is 22.3 Å². The third kappa shape index (κ3) is 2.94. The molecule has 1 amide bonds. The number of carbonyl (C=O) groups excluding carboxylic acids is 1. The summed E-state index contributed by atoms with van der Waals surface area (Å²) in [5, 5.41) is 13.1. The molecule has 0 aliphatic carbocycles. The average molecular weight is 303 g/mol. The van der Waals surface area contributed by atoms with Gasteiger partial charge < -0.3 is 10.4 Å². The Balaban J connectivity index is 2.25. The molecule has 0 fully saturated rings. The summed E-state index contributed by atoms with van der Waals surface area (Å²) < 4.78 is 0. The van der Waals surface area contributed by atoms with Crippen LogP contribution in [0, 0.1) is 0 Å². The summed E-state index contributed by atoms with van der Waals surface area (Å²) >= 11 is 0. The Morgan fingerprint density at radius 2 is 1.39 bits per heavy atom. The van der Waals surface area contributed by atoms with Crippen molar-refractivity contribution in [1.29, 1.82) is 0 Å². The van der Waals surface area contributed by atoms with E-state index < -0.39 is 0 Å². The van der Waals surface area contributed by atoms with Gasteiger partial charge in [-0.1, -0.05) is 60.7 Å². The van der Waals surface area contributed by atoms with Crippen molar-refractivity contribution in [3.8, 4) is 28.0 Å². The quantitative estimate of drug-likeness (QED) is 0.766. The Labute approximate surface area is 135 Å². The van der Waals surface area contributed by atoms with Gasteiger partial charge in [0, 0.05) is 12.6 Å². The Morgan fingerprint density at radius 1 is 0.826 bits per heavy atom. The van der Waals surface area contributed by atoms with Gasteiger partial charge in [-0.05, 0) is 28.8 Å². The van der Waals surface area contributed by atoms with E-state index in [0.717, 1.165) is 16.7 Å². The smallest absolute Gasteiger partial charge is 0.254 e. The normalized spacial score (nSPS) is 10.3. The number of amides is 1. The third-order valence-corrected chi connectivity index (χ3v) is 3.77. The molecular weight excluding hydrogens is 286 g/mol. The fourth-order valence-corrected chi connectivity index (χ4v) is 2.58. The first-order valence-electron chi connectivity index (χ1n) is 7.40. The number of aromatic hydroxyl groups is 1. The highest BCUT2D eigenvalue weighted by atomic mass is 16.3. The zero-order chi connectivity index (χ0) is 16.2. The molecular formula is C20H17NO2. The van der Waals surface area contributed by atoms with Gasteiger partial charge in [0.05, 0.1) is 5.56 Å². The van der Waals surface area contributed by atoms with Crippen molar-refractivity contribution in [2.45, 2.75) is 0 Å². The van der Waals surface area contributed by atoms with Gasteiger partial charge in [0.1, 0.15) is 5.75 Å². The van der Waals surface area contributed by atoms with Crippen LogP contribution in [0.1, 0.15) is 10.4 Å². The minimum atomic E-state index is -0.308. The lowest BCUT2D eigenvalue weighted by atomic mass is 9.94. The van der Waals surface area contributed by atoms with Gasteiger partial charge in [-0.15, -0.1) is 0 Å². The Morgan fingerprint density at radius 3 is 1.96 bits per heavy atom. The summed E-state index contributed by atoms with van der Waals surface area (Å²) in [5.41, 5.74) is 3.67. The van der Waals surface area contributed by atoms with Crippen molar-refractivity contribution in [2.24, 2.45) is 0 Å². The van der Waals surface area contributed by atoms with E-state index in [2.05, 4.69) is 5.32 Å². The predicted molar refractivity (Wildman–Crippen MR) is 92.4 cm³/mol. The van der Waals surface area contributed by atoms with E-state index in [1.54, 1.807) is 13.1 Å². The highest BCUT2D eigenvalue weighted by Crippen LogP contribution is 2.36. The van der Waals surface area contributed by atoms with E-state index in [-0.39, 0.29) is 17.2 Å². The van der Waals surface area contributed by atoms with Crippen molar-refractivity contribution in [3.63, 3.8) is 0 Å². The Kier molecular flexibility index (Phi) is 4.11. The molecule has 0 saturated carbocycles. The third-order valence-electron chi connectivity index (χ3n) is 3.77. The summed E-state index contributed by atoms with van der Waals surface area (Å²) in [6, 6.07) is 23.0. The van der Waals surface area contributed by atoms with Crippen LogP contribution in [0.3, 0.4) is 0 Å². The molecule has 0 aromatic heterocycles. The first-order valence-corrected chi connectivity index (χ1v) is 7.40. The van der Waals surface area contributed by atoms with Crippen LogP contribution in [0.5, 0.6) is 5.75 Å². The summed E-state index contributed by atoms with van der Waals surface area (Å²) in [6.07, 6.45) is 0. The van der Waals surface area contributed by atoms with Gasteiger partial charge in [-0.2, -0.15) is 0 Å². The van der Waals surface area contributed by atoms with Crippen molar-refractivity contribution in [1.82, 2.24) is 5.32 Å². The highest BCUT2D eigenvalue weighted by Gasteiger charge is 2.17. The lowest BCUT2D eigenvalue weighted by Crippen LogP contribution is -2.18. The number of rotatable bonds is 3. The second-order valence-corrected chi connectivity index (χ2v) is 5.23. The Bertz CT molecular complexity index is 827. The average Bonchev–Trinajstić information content (AvgIpc) is 2.62. The topological polar surface area (TPSA) is 49.3 Å². The maximum absolute atomic E-state index is 12.1. The largest absolute Gasteiger partial charge is 0.506 e. The maximum Gasteiger partial charge on any atom is 0.254 e. The molecule has 23 heavy (non-hydrogen) atoms. The molecule has 0 saturated heterocycles. The molecule has 3 aromatic carbocycles. The summed E-state index contributed by atoms with van der Waals surface area (Å²) in [7, 11) is 1.55. The number of hydrogen-bond acceptors (Lipinski definition) is 2. The number of benzene rings is 3. The van der Waals surface area contributed by atoms with Gasteiger partial charge in [0.15, 0.2) is 0 Å². The number of phenols is 1. The number of phenolic OH excluding ortho intramolecular Hbond substituents is 1. The lowest BCUT2D eigenvalue weighted by Gasteiger charge is -2.13. The monoisotopic (exact) mass is 303 g/mol. The van der Waals surface area contributed by atoms with Gasteiger partial charge in [0.25, 0.3) is 5.91 Å². The molecule has 0 radical (unpaired) electrons. The zero-order valence-corrected chi connectivity index (χ0v) is 12.8. The van der Waals surface area contributed by atoms with E-state index in [4.69, 9.17) is 0 Å². The van der Waals surface area contributed by atoms with Gasteiger partial charge >= 0.3 is 0 Å². The van der Waals surface area contributed by atoms with E-state index in [9.17, 15) is 9.90 Å². The summed E-state index contributed by atoms with van der Waals surface area (Å²) in [6.45, 7) is 0. The number of carbonyl (C=O) groups is 1. The molecule has 3 heteroatoms. The fourth-order valence-electron chi connectivity index (χ4n) is 2.58. The fraction of sp³-hybridized carbons (Fsp3) is 0.0500. The molecule has 0 heterocycles. The second kappa shape index (κ2) is 6.36. The van der Waals surface area contributed by atoms with Crippen LogP contribution in [-0.2, 0) is 0 Å². The molecule has 0 unspecified atom stereocenters. The molecule has 0 aliphatic rings. The molecule has 0 bridgehead atoms. The van der Waals surface area contributed by atoms with E-state index in [1.165, 1.54) is 0 Å². The molecule has 0 atom stereocenters. The van der Waals surface area contributed by atoms with Gasteiger partial charge in [-0.25, -0.2) is 0 Å². The second-order valence-electron chi connectivity index (χ2n) is 5.23. The molecule has 114 valence electrons. The van der Waals surface area contributed by atoms with Crippen LogP contribution in [0.4, 0.5) is 0 Å². The molecule has 3 aromatic rings. The molecule has 2 N–H and O–H groups in total. The van der Waals surface area contributed by atoms with Gasteiger partial charge in [-0.3, -0.25) is 4.79 Å². The van der Waals surface area contributed by atoms with E-state index >= 15 is 0 Å². The summed E-state index contributed by atoms with van der Waals surface area (Å²) in [5.74, 6) is -0.312. The maximum atomic E-state index is 12.1. The SMILES string of the molecule is CNC(=O)c1cc(-c2ccccc2)cc(-c2ccccc2)c1O. The van der Waals surface area contributed by atoms with Crippen LogP contribution >= 0.6 is 0 Å². The molecule has 3 rings (SSSR count). The first kappa shape index (κ1) is 14.9. The standard InChI is InChI=1S/C20H17NO2/c1-21-20(23)18-13-16(14-8-4-2-5-9-14)12-17(19(18)22)15-10-6-3-7-11-15/h2-13,22H,1H3,(H,21,23). The molecule has 0 spiro atoms. The van der Waals surface area contributed by atoms with Crippen LogP contribution in [-0.4, -0.2) is 18.1 Å². The number of nitrogens with one attached hydrogen (secondary N) is 1. The van der Waals surface area contributed by atoms with E-state index in [1.807, 2.05) is 66.7 Å². The van der Waals surface area contributed by atoms with Crippen LogP contribution in [0.2, 0.25) is 0 Å². The van der Waals surface area contributed by atoms with Gasteiger partial charge in [0.2, 0.25) is 0 Å². The van der Waals surface area contributed by atoms with Crippen LogP contribution < -0.4 is 5.32 Å². The van der Waals surface area contributed by atoms with Crippen LogP contribution in [0.15, 0.2) is 72.8 Å². The van der Waals surface area contributed by atoms with Crippen molar-refractivity contribution < 1.29 is 9.90 Å². The minimum Gasteiger partial charge on any atom is -0.506 e. The summed E-state index contributed by atoms with van der Waals surface area (Å²) in [4.78, 5) is 12.1. The van der Waals surface area contributed by atoms with Crippen molar-refractivity contribution >= 4 is 5.91 Å². The van der Waals surface area contributed by atoms with Crippen molar-refractivity contribution in [3.05, 3.63) is 78.4 Å². The van der Waals surface area contributed by atoms with E-state index in [0.29, 0.717) is 5.56 Å². The number of hydrogen-bond donors (Lipinski definition) is 2. The first-order chi connectivity index (χ1) is 11.2. The Hall–Kier alpha value is -3.07. The molecule has 0 aliphatic heterocycles. The predicted octanol–water partition coefficient (Wildman–Crippen LogP) is 4.09. The minimum absolute atomic E-state index is 0.00442. The zero-order valence-electron chi connectivity index (χ0n) is 12.8. The molecule has 3 nitrogen and oxygen atoms in total. The van der Waals surface area contributed by atoms with Crippen molar-refractivity contribution in [2.75, 3.05) is 7.05 Å². The highest BCUT2D eigenvalue weighted by molar-refractivity contribution is 6.00.